The normalized spacial score (nSPS) is 20.5. The predicted octanol–water partition coefficient (Wildman–Crippen LogP) is 3.47. The fraction of sp³-hybridized carbons (Fsp3) is 0.444. The zero-order valence-electron chi connectivity index (χ0n) is 22.0. The van der Waals surface area contributed by atoms with E-state index >= 15 is 8.78 Å². The van der Waals surface area contributed by atoms with Crippen LogP contribution in [-0.2, 0) is 4.74 Å². The topological polar surface area (TPSA) is 123 Å². The number of methoxy groups -OCH3 is 2. The van der Waals surface area contributed by atoms with Crippen LogP contribution in [0, 0.1) is 17.6 Å². The maximum Gasteiger partial charge on any atom is 0.223 e. The minimum absolute atomic E-state index is 0.0522. The van der Waals surface area contributed by atoms with Gasteiger partial charge in [0, 0.05) is 23.7 Å². The Hall–Kier alpha value is -3.61. The van der Waals surface area contributed by atoms with Gasteiger partial charge < -0.3 is 30.0 Å². The van der Waals surface area contributed by atoms with E-state index in [1.54, 1.807) is 6.20 Å². The third-order valence-electron chi connectivity index (χ3n) is 7.09. The van der Waals surface area contributed by atoms with Crippen LogP contribution in [0.4, 0.5) is 20.5 Å². The molecular weight excluding hydrogens is 510 g/mol. The first-order valence-corrected chi connectivity index (χ1v) is 12.8. The fourth-order valence-corrected chi connectivity index (χ4v) is 4.69. The molecule has 0 radical (unpaired) electrons. The van der Waals surface area contributed by atoms with Crippen molar-refractivity contribution in [3.05, 3.63) is 42.6 Å². The van der Waals surface area contributed by atoms with E-state index in [0.717, 1.165) is 18.9 Å². The number of aromatic nitrogens is 3. The van der Waals surface area contributed by atoms with Gasteiger partial charge in [-0.2, -0.15) is 0 Å². The molecule has 4 atom stereocenters. The Morgan fingerprint density at radius 2 is 1.79 bits per heavy atom. The summed E-state index contributed by atoms with van der Waals surface area (Å²) in [6.07, 6.45) is 4.28. The lowest BCUT2D eigenvalue weighted by Gasteiger charge is -2.22. The predicted molar refractivity (Wildman–Crippen MR) is 143 cm³/mol. The standard InChI is InChI=1S/C27H32F2N6O4/c1-5-21(36)32-17-11-39-12-18(17)34-27-30-10-15-8-16(22-23(28)19(37-3)9-20(38-4)24(22)29)33-26(25(15)35-27)31-13(2)14-6-7-14/h5,8-10,13-14,17-18,21,32,36H,1,6-7,11-12H2,2-4H3,(H,31,33)(H,30,34,35)/t13-,17-,18+,21?/m0/s1. The van der Waals surface area contributed by atoms with E-state index in [0.29, 0.717) is 41.8 Å². The lowest BCUT2D eigenvalue weighted by atomic mass is 10.1. The summed E-state index contributed by atoms with van der Waals surface area (Å²) in [7, 11) is 2.60. The highest BCUT2D eigenvalue weighted by atomic mass is 19.1. The second-order valence-electron chi connectivity index (χ2n) is 9.78. The Bertz CT molecular complexity index is 1340. The van der Waals surface area contributed by atoms with Crippen LogP contribution in [0.2, 0.25) is 0 Å². The SMILES string of the molecule is C=CC(O)N[C@H]1COC[C@H]1Nc1ncc2cc(-c3c(F)c(OC)cc(OC)c3F)nc(N[C@@H](C)C3CC3)c2n1. The van der Waals surface area contributed by atoms with Crippen molar-refractivity contribution in [2.45, 2.75) is 44.1 Å². The first kappa shape index (κ1) is 27.0. The molecule has 3 aromatic rings. The number of nitrogens with zero attached hydrogens (tertiary/aromatic N) is 3. The molecule has 0 bridgehead atoms. The first-order valence-electron chi connectivity index (χ1n) is 12.8. The maximum absolute atomic E-state index is 15.3. The lowest BCUT2D eigenvalue weighted by Crippen LogP contribution is -2.47. The molecule has 2 aliphatic rings. The zero-order valence-corrected chi connectivity index (χ0v) is 22.0. The number of aliphatic hydroxyl groups is 1. The smallest absolute Gasteiger partial charge is 0.223 e. The summed E-state index contributed by atoms with van der Waals surface area (Å²) < 4.78 is 46.5. The van der Waals surface area contributed by atoms with Gasteiger partial charge in [0.15, 0.2) is 29.0 Å². The highest BCUT2D eigenvalue weighted by Crippen LogP contribution is 2.39. The Morgan fingerprint density at radius 1 is 1.10 bits per heavy atom. The number of benzene rings is 1. The van der Waals surface area contributed by atoms with Crippen LogP contribution < -0.4 is 25.4 Å². The summed E-state index contributed by atoms with van der Waals surface area (Å²) >= 11 is 0. The molecule has 1 aromatic carbocycles. The molecule has 12 heteroatoms. The van der Waals surface area contributed by atoms with Crippen molar-refractivity contribution in [3.8, 4) is 22.8 Å². The van der Waals surface area contributed by atoms with Crippen LogP contribution >= 0.6 is 0 Å². The summed E-state index contributed by atoms with van der Waals surface area (Å²) in [6, 6.07) is 2.37. The van der Waals surface area contributed by atoms with Crippen LogP contribution in [0.25, 0.3) is 22.2 Å². The van der Waals surface area contributed by atoms with Crippen molar-refractivity contribution in [1.29, 1.82) is 0 Å². The number of halogens is 2. The monoisotopic (exact) mass is 542 g/mol. The van der Waals surface area contributed by atoms with Crippen molar-refractivity contribution in [1.82, 2.24) is 20.3 Å². The van der Waals surface area contributed by atoms with Crippen LogP contribution in [-0.4, -0.2) is 71.8 Å². The van der Waals surface area contributed by atoms with E-state index in [1.807, 2.05) is 6.92 Å². The van der Waals surface area contributed by atoms with Gasteiger partial charge in [-0.05, 0) is 37.8 Å². The van der Waals surface area contributed by atoms with E-state index in [9.17, 15) is 5.11 Å². The Kier molecular flexibility index (Phi) is 7.78. The zero-order chi connectivity index (χ0) is 27.7. The highest BCUT2D eigenvalue weighted by molar-refractivity contribution is 5.92. The second kappa shape index (κ2) is 11.2. The van der Waals surface area contributed by atoms with Crippen molar-refractivity contribution in [2.75, 3.05) is 38.1 Å². The number of aliphatic hydroxyl groups excluding tert-OH is 1. The number of ether oxygens (including phenoxy) is 3. The number of hydrogen-bond acceptors (Lipinski definition) is 10. The minimum atomic E-state index is -0.885. The van der Waals surface area contributed by atoms with Gasteiger partial charge in [-0.1, -0.05) is 6.58 Å². The third kappa shape index (κ3) is 5.58. The summed E-state index contributed by atoms with van der Waals surface area (Å²) in [6.45, 7) is 6.41. The van der Waals surface area contributed by atoms with Gasteiger partial charge in [-0.3, -0.25) is 5.32 Å². The van der Waals surface area contributed by atoms with E-state index in [2.05, 4.69) is 32.5 Å². The molecule has 4 N–H and O–H groups in total. The van der Waals surface area contributed by atoms with Gasteiger partial charge in [0.05, 0.1) is 50.8 Å². The van der Waals surface area contributed by atoms with E-state index < -0.39 is 17.9 Å². The maximum atomic E-state index is 15.3. The van der Waals surface area contributed by atoms with Crippen molar-refractivity contribution in [2.24, 2.45) is 5.92 Å². The number of hydrogen-bond donors (Lipinski definition) is 4. The molecule has 0 spiro atoms. The quantitative estimate of drug-likeness (QED) is 0.212. The van der Waals surface area contributed by atoms with Crippen molar-refractivity contribution < 1.29 is 28.1 Å². The largest absolute Gasteiger partial charge is 0.494 e. The number of fused-ring (bicyclic) bond motifs is 1. The molecule has 1 unspecified atom stereocenters. The van der Waals surface area contributed by atoms with Gasteiger partial charge in [0.1, 0.15) is 11.7 Å². The summed E-state index contributed by atoms with van der Waals surface area (Å²) in [5.74, 6) is -0.902. The highest BCUT2D eigenvalue weighted by Gasteiger charge is 2.31. The molecule has 1 aliphatic carbocycles. The number of rotatable bonds is 11. The van der Waals surface area contributed by atoms with Crippen molar-refractivity contribution in [3.63, 3.8) is 0 Å². The van der Waals surface area contributed by atoms with Crippen LogP contribution in [0.1, 0.15) is 19.8 Å². The molecule has 1 saturated heterocycles. The number of anilines is 2. The molecule has 3 heterocycles. The van der Waals surface area contributed by atoms with Gasteiger partial charge in [-0.15, -0.1) is 0 Å². The molecule has 0 amide bonds. The Labute approximate surface area is 224 Å². The molecule has 5 rings (SSSR count). The number of pyridine rings is 1. The summed E-state index contributed by atoms with van der Waals surface area (Å²) in [4.78, 5) is 13.8. The van der Waals surface area contributed by atoms with E-state index in [1.165, 1.54) is 26.4 Å². The van der Waals surface area contributed by atoms with Gasteiger partial charge in [-0.25, -0.2) is 23.7 Å². The molecule has 1 saturated carbocycles. The van der Waals surface area contributed by atoms with Gasteiger partial charge >= 0.3 is 0 Å². The van der Waals surface area contributed by atoms with E-state index in [4.69, 9.17) is 19.2 Å². The average molecular weight is 543 g/mol. The summed E-state index contributed by atoms with van der Waals surface area (Å²) in [5.41, 5.74) is 0.181. The van der Waals surface area contributed by atoms with E-state index in [-0.39, 0.29) is 40.9 Å². The minimum Gasteiger partial charge on any atom is -0.494 e. The number of nitrogens with one attached hydrogen (secondary N) is 3. The molecule has 1 aliphatic heterocycles. The van der Waals surface area contributed by atoms with Crippen LogP contribution in [0.5, 0.6) is 11.5 Å². The molecular formula is C27H32F2N6O4. The summed E-state index contributed by atoms with van der Waals surface area (Å²) in [5, 5.41) is 20.1. The fourth-order valence-electron chi connectivity index (χ4n) is 4.69. The third-order valence-corrected chi connectivity index (χ3v) is 7.09. The van der Waals surface area contributed by atoms with Gasteiger partial charge in [0.25, 0.3) is 0 Å². The average Bonchev–Trinajstić information content (AvgIpc) is 3.70. The second-order valence-corrected chi connectivity index (χ2v) is 9.78. The molecule has 10 nitrogen and oxygen atoms in total. The molecule has 2 aromatic heterocycles. The Balaban J connectivity index is 1.56. The van der Waals surface area contributed by atoms with Crippen LogP contribution in [0.3, 0.4) is 0 Å². The molecule has 39 heavy (non-hydrogen) atoms. The van der Waals surface area contributed by atoms with Crippen molar-refractivity contribution >= 4 is 22.7 Å². The first-order chi connectivity index (χ1) is 18.8. The molecule has 208 valence electrons. The van der Waals surface area contributed by atoms with Crippen LogP contribution in [0.15, 0.2) is 31.0 Å². The Morgan fingerprint density at radius 3 is 2.44 bits per heavy atom. The molecule has 2 fully saturated rings. The lowest BCUT2D eigenvalue weighted by molar-refractivity contribution is 0.149. The van der Waals surface area contributed by atoms with Gasteiger partial charge in [0.2, 0.25) is 5.95 Å².